The number of furan rings is 1. The van der Waals surface area contributed by atoms with Crippen LogP contribution in [0.2, 0.25) is 0 Å². The van der Waals surface area contributed by atoms with Gasteiger partial charge in [0.15, 0.2) is 5.76 Å². The van der Waals surface area contributed by atoms with Crippen LogP contribution in [0.5, 0.6) is 0 Å². The fourth-order valence-corrected chi connectivity index (χ4v) is 4.81. The summed E-state index contributed by atoms with van der Waals surface area (Å²) < 4.78 is 20.9. The van der Waals surface area contributed by atoms with E-state index >= 15 is 0 Å². The molecule has 4 aromatic rings. The molecule has 6 heteroatoms. The van der Waals surface area contributed by atoms with Crippen LogP contribution in [0.1, 0.15) is 34.4 Å². The molecule has 1 amide bonds. The van der Waals surface area contributed by atoms with E-state index in [-0.39, 0.29) is 23.5 Å². The van der Waals surface area contributed by atoms with Crippen molar-refractivity contribution in [2.45, 2.75) is 18.9 Å². The van der Waals surface area contributed by atoms with Gasteiger partial charge in [-0.25, -0.2) is 9.37 Å². The minimum atomic E-state index is -0.371. The Morgan fingerprint density at radius 1 is 1.11 bits per heavy atom. The number of thiazole rings is 1. The fraction of sp³-hybridized carbons (Fsp3) is 0.182. The lowest BCUT2D eigenvalue weighted by Gasteiger charge is -2.21. The lowest BCUT2D eigenvalue weighted by Crippen LogP contribution is -2.30. The van der Waals surface area contributed by atoms with Crippen LogP contribution in [0.4, 0.5) is 4.39 Å². The standard InChI is InChI=1S/C22H17FN2O2S/c23-15-7-2-1-6-14(15)18-11-12-19(27-18)22(26)25-13-5-9-17(25)21-24-16-8-3-4-10-20(16)28-21/h1-4,6-8,10-12,17H,5,9,13H2. The molecule has 28 heavy (non-hydrogen) atoms. The number of hydrogen-bond donors (Lipinski definition) is 0. The molecule has 0 N–H and O–H groups in total. The summed E-state index contributed by atoms with van der Waals surface area (Å²) in [4.78, 5) is 19.6. The molecule has 2 aromatic carbocycles. The van der Waals surface area contributed by atoms with E-state index < -0.39 is 0 Å². The SMILES string of the molecule is O=C(c1ccc(-c2ccccc2F)o1)N1CCCC1c1nc2ccccc2s1. The second-order valence-electron chi connectivity index (χ2n) is 6.82. The van der Waals surface area contributed by atoms with Gasteiger partial charge in [-0.2, -0.15) is 0 Å². The summed E-state index contributed by atoms with van der Waals surface area (Å²) in [5, 5.41) is 0.952. The van der Waals surface area contributed by atoms with Crippen LogP contribution < -0.4 is 0 Å². The molecule has 1 saturated heterocycles. The number of para-hydroxylation sites is 1. The molecule has 4 nitrogen and oxygen atoms in total. The minimum absolute atomic E-state index is 0.0492. The van der Waals surface area contributed by atoms with Gasteiger partial charge in [0, 0.05) is 6.54 Å². The van der Waals surface area contributed by atoms with E-state index in [1.54, 1.807) is 41.7 Å². The second kappa shape index (κ2) is 6.87. The Balaban J connectivity index is 1.44. The van der Waals surface area contributed by atoms with E-state index in [1.165, 1.54) is 6.07 Å². The van der Waals surface area contributed by atoms with Crippen molar-refractivity contribution in [3.8, 4) is 11.3 Å². The predicted octanol–water partition coefficient (Wildman–Crippen LogP) is 5.67. The summed E-state index contributed by atoms with van der Waals surface area (Å²) in [7, 11) is 0. The van der Waals surface area contributed by atoms with Crippen LogP contribution in [0.3, 0.4) is 0 Å². The van der Waals surface area contributed by atoms with E-state index in [9.17, 15) is 9.18 Å². The number of halogens is 1. The van der Waals surface area contributed by atoms with Gasteiger partial charge in [-0.05, 0) is 49.2 Å². The summed E-state index contributed by atoms with van der Waals surface area (Å²) in [5.41, 5.74) is 1.31. The molecular formula is C22H17FN2O2S. The van der Waals surface area contributed by atoms with Crippen LogP contribution in [-0.2, 0) is 0 Å². The highest BCUT2D eigenvalue weighted by Gasteiger charge is 2.34. The number of aromatic nitrogens is 1. The number of carbonyl (C=O) groups excluding carboxylic acids is 1. The zero-order valence-electron chi connectivity index (χ0n) is 15.0. The van der Waals surface area contributed by atoms with E-state index in [1.807, 2.05) is 29.2 Å². The van der Waals surface area contributed by atoms with Gasteiger partial charge in [0.25, 0.3) is 5.91 Å². The molecule has 1 atom stereocenters. The molecule has 0 aliphatic carbocycles. The zero-order valence-corrected chi connectivity index (χ0v) is 15.8. The van der Waals surface area contributed by atoms with E-state index in [4.69, 9.17) is 9.40 Å². The van der Waals surface area contributed by atoms with Crippen molar-refractivity contribution < 1.29 is 13.6 Å². The van der Waals surface area contributed by atoms with Gasteiger partial charge in [-0.1, -0.05) is 24.3 Å². The number of hydrogen-bond acceptors (Lipinski definition) is 4. The molecule has 0 radical (unpaired) electrons. The summed E-state index contributed by atoms with van der Waals surface area (Å²) in [5.74, 6) is 0.0390. The summed E-state index contributed by atoms with van der Waals surface area (Å²) in [6.07, 6.45) is 1.81. The van der Waals surface area contributed by atoms with Gasteiger partial charge in [0.05, 0.1) is 21.8 Å². The van der Waals surface area contributed by atoms with Crippen molar-refractivity contribution in [3.63, 3.8) is 0 Å². The normalized spacial score (nSPS) is 16.8. The highest BCUT2D eigenvalue weighted by atomic mass is 32.1. The maximum Gasteiger partial charge on any atom is 0.290 e. The summed E-state index contributed by atoms with van der Waals surface area (Å²) >= 11 is 1.63. The van der Waals surface area contributed by atoms with Gasteiger partial charge >= 0.3 is 0 Å². The van der Waals surface area contributed by atoms with Crippen molar-refractivity contribution in [1.29, 1.82) is 0 Å². The minimum Gasteiger partial charge on any atom is -0.451 e. The Labute approximate surface area is 165 Å². The van der Waals surface area contributed by atoms with Crippen molar-refractivity contribution in [2.75, 3.05) is 6.54 Å². The van der Waals surface area contributed by atoms with E-state index in [2.05, 4.69) is 0 Å². The largest absolute Gasteiger partial charge is 0.451 e. The van der Waals surface area contributed by atoms with Crippen LogP contribution in [0, 0.1) is 5.82 Å². The van der Waals surface area contributed by atoms with Crippen molar-refractivity contribution in [3.05, 3.63) is 77.2 Å². The summed E-state index contributed by atoms with van der Waals surface area (Å²) in [6.45, 7) is 0.662. The van der Waals surface area contributed by atoms with Crippen LogP contribution in [0.25, 0.3) is 21.5 Å². The first-order chi connectivity index (χ1) is 13.7. The number of carbonyl (C=O) groups is 1. The maximum absolute atomic E-state index is 14.0. The third-order valence-electron chi connectivity index (χ3n) is 5.07. The third-order valence-corrected chi connectivity index (χ3v) is 6.20. The monoisotopic (exact) mass is 392 g/mol. The van der Waals surface area contributed by atoms with Gasteiger partial charge in [-0.15, -0.1) is 11.3 Å². The molecule has 0 spiro atoms. The molecule has 5 rings (SSSR count). The molecule has 1 aliphatic heterocycles. The van der Waals surface area contributed by atoms with Crippen molar-refractivity contribution in [1.82, 2.24) is 9.88 Å². The van der Waals surface area contributed by atoms with E-state index in [0.29, 0.717) is 17.9 Å². The van der Waals surface area contributed by atoms with Gasteiger partial charge in [0.2, 0.25) is 0 Å². The first-order valence-corrected chi connectivity index (χ1v) is 10.0. The Hall–Kier alpha value is -2.99. The van der Waals surface area contributed by atoms with Gasteiger partial charge in [0.1, 0.15) is 16.6 Å². The van der Waals surface area contributed by atoms with Gasteiger partial charge < -0.3 is 9.32 Å². The Morgan fingerprint density at radius 3 is 2.79 bits per heavy atom. The molecule has 3 heterocycles. The Morgan fingerprint density at radius 2 is 1.93 bits per heavy atom. The molecule has 2 aromatic heterocycles. The quantitative estimate of drug-likeness (QED) is 0.451. The number of fused-ring (bicyclic) bond motifs is 1. The highest BCUT2D eigenvalue weighted by molar-refractivity contribution is 7.18. The molecule has 140 valence electrons. The molecule has 1 fully saturated rings. The zero-order chi connectivity index (χ0) is 19.1. The second-order valence-corrected chi connectivity index (χ2v) is 7.88. The average molecular weight is 392 g/mol. The Kier molecular flexibility index (Phi) is 4.20. The van der Waals surface area contributed by atoms with E-state index in [0.717, 1.165) is 28.1 Å². The smallest absolute Gasteiger partial charge is 0.290 e. The van der Waals surface area contributed by atoms with Gasteiger partial charge in [-0.3, -0.25) is 4.79 Å². The number of benzene rings is 2. The highest BCUT2D eigenvalue weighted by Crippen LogP contribution is 2.37. The van der Waals surface area contributed by atoms with Crippen molar-refractivity contribution >= 4 is 27.5 Å². The number of nitrogens with zero attached hydrogens (tertiary/aromatic N) is 2. The first-order valence-electron chi connectivity index (χ1n) is 9.22. The third kappa shape index (κ3) is 2.90. The topological polar surface area (TPSA) is 46.3 Å². The number of rotatable bonds is 3. The van der Waals surface area contributed by atoms with Crippen molar-refractivity contribution in [2.24, 2.45) is 0 Å². The van der Waals surface area contributed by atoms with Crippen LogP contribution in [0.15, 0.2) is 65.1 Å². The maximum atomic E-state index is 14.0. The molecular weight excluding hydrogens is 375 g/mol. The number of amides is 1. The average Bonchev–Trinajstić information content (AvgIpc) is 3.45. The Bertz CT molecular complexity index is 1130. The van der Waals surface area contributed by atoms with Crippen LogP contribution in [-0.4, -0.2) is 22.3 Å². The first kappa shape index (κ1) is 17.1. The lowest BCUT2D eigenvalue weighted by atomic mass is 10.1. The summed E-state index contributed by atoms with van der Waals surface area (Å²) in [6, 6.07) is 17.6. The number of likely N-dealkylation sites (tertiary alicyclic amines) is 1. The molecule has 0 bridgehead atoms. The molecule has 1 unspecified atom stereocenters. The van der Waals surface area contributed by atoms with Crippen LogP contribution >= 0.6 is 11.3 Å². The molecule has 1 aliphatic rings. The lowest BCUT2D eigenvalue weighted by molar-refractivity contribution is 0.0704. The molecule has 0 saturated carbocycles. The predicted molar refractivity (Wildman–Crippen MR) is 107 cm³/mol. The fourth-order valence-electron chi connectivity index (χ4n) is 3.70.